The van der Waals surface area contributed by atoms with Crippen molar-refractivity contribution in [2.45, 2.75) is 38.4 Å². The second-order valence-corrected chi connectivity index (χ2v) is 6.65. The number of thiocarbonyl (C=S) groups is 1. The molecular formula is C16H22FN3S. The van der Waals surface area contributed by atoms with Crippen molar-refractivity contribution >= 4 is 17.2 Å². The lowest BCUT2D eigenvalue weighted by Crippen LogP contribution is -2.54. The Balaban J connectivity index is 1.77. The average Bonchev–Trinajstić information content (AvgIpc) is 2.88. The predicted molar refractivity (Wildman–Crippen MR) is 86.8 cm³/mol. The SMILES string of the molecule is CC1CN2CCCC2CN1Cc1cccc(C(N)=S)c1F. The van der Waals surface area contributed by atoms with Crippen LogP contribution in [0.4, 0.5) is 4.39 Å². The minimum absolute atomic E-state index is 0.128. The van der Waals surface area contributed by atoms with Crippen molar-refractivity contribution in [2.24, 2.45) is 5.73 Å². The van der Waals surface area contributed by atoms with E-state index in [0.29, 0.717) is 29.8 Å². The number of hydrogen-bond donors (Lipinski definition) is 1. The molecule has 1 aromatic carbocycles. The van der Waals surface area contributed by atoms with Crippen LogP contribution in [-0.2, 0) is 6.54 Å². The van der Waals surface area contributed by atoms with Gasteiger partial charge in [0.25, 0.3) is 0 Å². The number of nitrogens with two attached hydrogens (primary N) is 1. The summed E-state index contributed by atoms with van der Waals surface area (Å²) in [6, 6.07) is 6.42. The predicted octanol–water partition coefficient (Wildman–Crippen LogP) is 2.13. The zero-order valence-electron chi connectivity index (χ0n) is 12.4. The van der Waals surface area contributed by atoms with E-state index in [0.717, 1.165) is 13.1 Å². The first-order valence-electron chi connectivity index (χ1n) is 7.61. The van der Waals surface area contributed by atoms with Gasteiger partial charge in [-0.2, -0.15) is 0 Å². The summed E-state index contributed by atoms with van der Waals surface area (Å²) in [5.41, 5.74) is 6.63. The molecule has 0 bridgehead atoms. The van der Waals surface area contributed by atoms with E-state index >= 15 is 0 Å². The van der Waals surface area contributed by atoms with Crippen molar-refractivity contribution < 1.29 is 4.39 Å². The standard InChI is InChI=1S/C16H22FN3S/c1-11-8-19-7-3-5-13(19)10-20(11)9-12-4-2-6-14(15(12)17)16(18)21/h2,4,6,11,13H,3,5,7-10H2,1H3,(H2,18,21). The second kappa shape index (κ2) is 5.99. The highest BCUT2D eigenvalue weighted by atomic mass is 32.1. The van der Waals surface area contributed by atoms with Crippen LogP contribution >= 0.6 is 12.2 Å². The van der Waals surface area contributed by atoms with E-state index < -0.39 is 0 Å². The van der Waals surface area contributed by atoms with Crippen molar-refractivity contribution in [1.82, 2.24) is 9.80 Å². The quantitative estimate of drug-likeness (QED) is 0.867. The van der Waals surface area contributed by atoms with Crippen LogP contribution in [0.3, 0.4) is 0 Å². The van der Waals surface area contributed by atoms with Crippen LogP contribution in [0.5, 0.6) is 0 Å². The molecule has 2 heterocycles. The number of rotatable bonds is 3. The number of hydrogen-bond acceptors (Lipinski definition) is 3. The van der Waals surface area contributed by atoms with Crippen LogP contribution in [-0.4, -0.2) is 46.5 Å². The Kier molecular flexibility index (Phi) is 4.24. The molecule has 2 fully saturated rings. The lowest BCUT2D eigenvalue weighted by atomic mass is 10.0. The molecular weight excluding hydrogens is 285 g/mol. The summed E-state index contributed by atoms with van der Waals surface area (Å²) in [7, 11) is 0. The zero-order chi connectivity index (χ0) is 15.0. The van der Waals surface area contributed by atoms with Crippen LogP contribution < -0.4 is 5.73 Å². The first-order valence-corrected chi connectivity index (χ1v) is 8.02. The van der Waals surface area contributed by atoms with E-state index in [1.54, 1.807) is 6.07 Å². The van der Waals surface area contributed by atoms with E-state index in [2.05, 4.69) is 16.7 Å². The van der Waals surface area contributed by atoms with Gasteiger partial charge in [0, 0.05) is 42.8 Å². The highest BCUT2D eigenvalue weighted by molar-refractivity contribution is 7.80. The molecule has 0 aromatic heterocycles. The van der Waals surface area contributed by atoms with Crippen LogP contribution in [0.1, 0.15) is 30.9 Å². The largest absolute Gasteiger partial charge is 0.389 e. The molecule has 3 nitrogen and oxygen atoms in total. The summed E-state index contributed by atoms with van der Waals surface area (Å²) in [4.78, 5) is 5.08. The summed E-state index contributed by atoms with van der Waals surface area (Å²) in [6.45, 7) is 6.19. The third-order valence-electron chi connectivity index (χ3n) is 4.78. The van der Waals surface area contributed by atoms with Crippen LogP contribution in [0, 0.1) is 5.82 Å². The zero-order valence-corrected chi connectivity index (χ0v) is 13.2. The Morgan fingerprint density at radius 3 is 3.00 bits per heavy atom. The topological polar surface area (TPSA) is 32.5 Å². The Bertz CT molecular complexity index is 548. The monoisotopic (exact) mass is 307 g/mol. The Labute approximate surface area is 130 Å². The number of halogens is 1. The summed E-state index contributed by atoms with van der Waals surface area (Å²) < 4.78 is 14.5. The summed E-state index contributed by atoms with van der Waals surface area (Å²) >= 11 is 4.92. The van der Waals surface area contributed by atoms with Crippen molar-refractivity contribution in [3.8, 4) is 0 Å². The maximum Gasteiger partial charge on any atom is 0.137 e. The average molecular weight is 307 g/mol. The fourth-order valence-corrected chi connectivity index (χ4v) is 3.74. The molecule has 2 N–H and O–H groups in total. The van der Waals surface area contributed by atoms with Crippen molar-refractivity contribution in [1.29, 1.82) is 0 Å². The molecule has 0 aliphatic carbocycles. The third-order valence-corrected chi connectivity index (χ3v) is 5.00. The number of piperazine rings is 1. The van der Waals surface area contributed by atoms with Gasteiger partial charge < -0.3 is 5.73 Å². The molecule has 1 aromatic rings. The molecule has 0 radical (unpaired) electrons. The fourth-order valence-electron chi connectivity index (χ4n) is 3.58. The minimum Gasteiger partial charge on any atom is -0.389 e. The maximum atomic E-state index is 14.5. The highest BCUT2D eigenvalue weighted by Gasteiger charge is 2.34. The molecule has 0 spiro atoms. The van der Waals surface area contributed by atoms with E-state index in [1.165, 1.54) is 19.4 Å². The molecule has 3 rings (SSSR count). The highest BCUT2D eigenvalue weighted by Crippen LogP contribution is 2.26. The van der Waals surface area contributed by atoms with E-state index in [9.17, 15) is 4.39 Å². The van der Waals surface area contributed by atoms with Gasteiger partial charge in [0.1, 0.15) is 10.8 Å². The normalized spacial score (nSPS) is 26.8. The van der Waals surface area contributed by atoms with Crippen LogP contribution in [0.25, 0.3) is 0 Å². The van der Waals surface area contributed by atoms with Crippen molar-refractivity contribution in [3.05, 3.63) is 35.1 Å². The van der Waals surface area contributed by atoms with Gasteiger partial charge in [0.2, 0.25) is 0 Å². The van der Waals surface area contributed by atoms with Gasteiger partial charge in [-0.3, -0.25) is 9.80 Å². The number of benzene rings is 1. The second-order valence-electron chi connectivity index (χ2n) is 6.21. The molecule has 0 amide bonds. The van der Waals surface area contributed by atoms with Gasteiger partial charge in [-0.05, 0) is 32.4 Å². The van der Waals surface area contributed by atoms with Gasteiger partial charge in [-0.25, -0.2) is 4.39 Å². The molecule has 0 saturated carbocycles. The minimum atomic E-state index is -0.258. The number of fused-ring (bicyclic) bond motifs is 1. The summed E-state index contributed by atoms with van der Waals surface area (Å²) in [5, 5.41) is 0. The first-order chi connectivity index (χ1) is 10.1. The summed E-state index contributed by atoms with van der Waals surface area (Å²) in [5.74, 6) is -0.258. The first kappa shape index (κ1) is 14.9. The van der Waals surface area contributed by atoms with Crippen LogP contribution in [0.2, 0.25) is 0 Å². The van der Waals surface area contributed by atoms with E-state index in [4.69, 9.17) is 18.0 Å². The maximum absolute atomic E-state index is 14.5. The van der Waals surface area contributed by atoms with E-state index in [-0.39, 0.29) is 10.8 Å². The molecule has 114 valence electrons. The van der Waals surface area contributed by atoms with Gasteiger partial charge in [-0.15, -0.1) is 0 Å². The van der Waals surface area contributed by atoms with Gasteiger partial charge >= 0.3 is 0 Å². The lowest BCUT2D eigenvalue weighted by molar-refractivity contribution is 0.0533. The lowest BCUT2D eigenvalue weighted by Gasteiger charge is -2.42. The molecule has 2 aliphatic heterocycles. The van der Waals surface area contributed by atoms with E-state index in [1.807, 2.05) is 12.1 Å². The Hall–Kier alpha value is -1.04. The van der Waals surface area contributed by atoms with Gasteiger partial charge in [0.05, 0.1) is 0 Å². The van der Waals surface area contributed by atoms with Gasteiger partial charge in [0.15, 0.2) is 0 Å². The Morgan fingerprint density at radius 1 is 1.43 bits per heavy atom. The smallest absolute Gasteiger partial charge is 0.137 e. The molecule has 2 atom stereocenters. The third kappa shape index (κ3) is 2.96. The van der Waals surface area contributed by atoms with Crippen molar-refractivity contribution in [3.63, 3.8) is 0 Å². The molecule has 21 heavy (non-hydrogen) atoms. The Morgan fingerprint density at radius 2 is 2.24 bits per heavy atom. The van der Waals surface area contributed by atoms with Gasteiger partial charge in [-0.1, -0.05) is 24.4 Å². The van der Waals surface area contributed by atoms with Crippen LogP contribution in [0.15, 0.2) is 18.2 Å². The summed E-state index contributed by atoms with van der Waals surface area (Å²) in [6.07, 6.45) is 2.55. The molecule has 2 unspecified atom stereocenters. The fraction of sp³-hybridized carbons (Fsp3) is 0.562. The molecule has 2 saturated heterocycles. The van der Waals surface area contributed by atoms with Crippen molar-refractivity contribution in [2.75, 3.05) is 19.6 Å². The molecule has 5 heteroatoms. The number of nitrogens with zero attached hydrogens (tertiary/aromatic N) is 2. The molecule has 2 aliphatic rings.